The van der Waals surface area contributed by atoms with Gasteiger partial charge in [-0.15, -0.1) is 0 Å². The summed E-state index contributed by atoms with van der Waals surface area (Å²) >= 11 is 0. The number of nitrogens with zero attached hydrogens (tertiary/aromatic N) is 3. The maximum Gasteiger partial charge on any atom is 0.238 e. The molecule has 0 aromatic heterocycles. The maximum absolute atomic E-state index is 13.4. The van der Waals surface area contributed by atoms with Crippen LogP contribution in [0.1, 0.15) is 25.3 Å². The molecule has 1 aromatic rings. The molecule has 132 valence electrons. The van der Waals surface area contributed by atoms with Crippen molar-refractivity contribution >= 4 is 11.6 Å². The van der Waals surface area contributed by atoms with Crippen molar-refractivity contribution in [2.45, 2.75) is 25.2 Å². The highest BCUT2D eigenvalue weighted by atomic mass is 16.2. The summed E-state index contributed by atoms with van der Waals surface area (Å²) in [6.45, 7) is 2.06. The standard InChI is InChI=1S/C21H17N5O/c1-12-6-7-13-14(9-22)18(25)20(10-23,11-24)21(16(13)8-12)15-4-2-3-5-17(15)26-19(21)27/h2-5,7,12,16H,6,8,25H2,1H3,(H,26,27)/t12-,16-,21-/m1/s1. The number of nitrogens with two attached hydrogens (primary N) is 1. The van der Waals surface area contributed by atoms with Gasteiger partial charge in [0.15, 0.2) is 0 Å². The Bertz CT molecular complexity index is 1050. The van der Waals surface area contributed by atoms with Crippen molar-refractivity contribution in [3.63, 3.8) is 0 Å². The normalized spacial score (nSPS) is 30.3. The van der Waals surface area contributed by atoms with Gasteiger partial charge in [-0.3, -0.25) is 4.79 Å². The number of nitrogens with one attached hydrogen (secondary N) is 1. The summed E-state index contributed by atoms with van der Waals surface area (Å²) in [7, 11) is 0. The predicted molar refractivity (Wildman–Crippen MR) is 97.2 cm³/mol. The summed E-state index contributed by atoms with van der Waals surface area (Å²) in [5.74, 6) is -0.617. The highest BCUT2D eigenvalue weighted by Gasteiger charge is 2.71. The van der Waals surface area contributed by atoms with E-state index in [0.29, 0.717) is 23.2 Å². The van der Waals surface area contributed by atoms with Crippen LogP contribution < -0.4 is 11.1 Å². The van der Waals surface area contributed by atoms with Gasteiger partial charge >= 0.3 is 0 Å². The maximum atomic E-state index is 13.4. The summed E-state index contributed by atoms with van der Waals surface area (Å²) < 4.78 is 0. The van der Waals surface area contributed by atoms with Gasteiger partial charge in [-0.05, 0) is 36.0 Å². The van der Waals surface area contributed by atoms with Crippen molar-refractivity contribution in [2.75, 3.05) is 5.32 Å². The first-order chi connectivity index (χ1) is 13.0. The van der Waals surface area contributed by atoms with E-state index < -0.39 is 22.7 Å². The molecule has 1 aliphatic heterocycles. The van der Waals surface area contributed by atoms with Gasteiger partial charge in [-0.2, -0.15) is 15.8 Å². The highest BCUT2D eigenvalue weighted by Crippen LogP contribution is 2.63. The summed E-state index contributed by atoms with van der Waals surface area (Å²) in [6, 6.07) is 13.3. The van der Waals surface area contributed by atoms with Crippen LogP contribution in [0.15, 0.2) is 47.2 Å². The van der Waals surface area contributed by atoms with Crippen molar-refractivity contribution in [2.24, 2.45) is 23.0 Å². The Balaban J connectivity index is 2.20. The van der Waals surface area contributed by atoms with E-state index in [1.165, 1.54) is 0 Å². The number of fused-ring (bicyclic) bond motifs is 4. The first-order valence-electron chi connectivity index (χ1n) is 8.82. The van der Waals surface area contributed by atoms with Crippen LogP contribution in [0, 0.1) is 51.2 Å². The molecular formula is C21H17N5O. The molecule has 1 spiro atoms. The van der Waals surface area contributed by atoms with E-state index in [1.807, 2.05) is 18.2 Å². The molecule has 27 heavy (non-hydrogen) atoms. The Morgan fingerprint density at radius 1 is 1.22 bits per heavy atom. The van der Waals surface area contributed by atoms with Gasteiger partial charge in [0.1, 0.15) is 11.5 Å². The SMILES string of the molecule is C[C@@H]1CC=C2C(C#N)=C(N)C(C#N)(C#N)[C@@]3(C(=O)Nc4ccccc43)[C@@H]2C1. The number of anilines is 1. The minimum absolute atomic E-state index is 0.126. The Morgan fingerprint density at radius 3 is 2.59 bits per heavy atom. The molecule has 0 radical (unpaired) electrons. The molecule has 2 aliphatic carbocycles. The molecule has 0 fully saturated rings. The molecule has 1 heterocycles. The van der Waals surface area contributed by atoms with Gasteiger partial charge < -0.3 is 11.1 Å². The van der Waals surface area contributed by atoms with Crippen molar-refractivity contribution < 1.29 is 4.79 Å². The first kappa shape index (κ1) is 16.9. The number of nitriles is 3. The Morgan fingerprint density at radius 2 is 1.93 bits per heavy atom. The van der Waals surface area contributed by atoms with E-state index >= 15 is 0 Å². The van der Waals surface area contributed by atoms with Gasteiger partial charge in [0, 0.05) is 11.6 Å². The molecule has 1 amide bonds. The number of allylic oxidation sites excluding steroid dienone is 4. The minimum Gasteiger partial charge on any atom is -0.399 e. The van der Waals surface area contributed by atoms with Gasteiger partial charge in [0.05, 0.1) is 23.4 Å². The quantitative estimate of drug-likeness (QED) is 0.739. The van der Waals surface area contributed by atoms with Crippen molar-refractivity contribution in [3.05, 3.63) is 52.7 Å². The second kappa shape index (κ2) is 5.47. The lowest BCUT2D eigenvalue weighted by molar-refractivity contribution is -0.125. The fourth-order valence-electron chi connectivity index (χ4n) is 5.04. The number of carbonyl (C=O) groups excluding carboxylic acids is 1. The number of carbonyl (C=O) groups is 1. The molecule has 3 atom stereocenters. The topological polar surface area (TPSA) is 126 Å². The van der Waals surface area contributed by atoms with Crippen LogP contribution in [0.25, 0.3) is 0 Å². The summed E-state index contributed by atoms with van der Waals surface area (Å²) in [5.41, 5.74) is 4.78. The second-order valence-electron chi connectivity index (χ2n) is 7.47. The fraction of sp³-hybridized carbons (Fsp3) is 0.333. The summed E-state index contributed by atoms with van der Waals surface area (Å²) in [6.07, 6.45) is 3.30. The lowest BCUT2D eigenvalue weighted by atomic mass is 9.47. The van der Waals surface area contributed by atoms with Crippen LogP contribution >= 0.6 is 0 Å². The van der Waals surface area contributed by atoms with Crippen LogP contribution in [-0.4, -0.2) is 5.91 Å². The second-order valence-corrected chi connectivity index (χ2v) is 7.47. The highest BCUT2D eigenvalue weighted by molar-refractivity contribution is 6.09. The average Bonchev–Trinajstić information content (AvgIpc) is 2.97. The molecule has 0 bridgehead atoms. The Labute approximate surface area is 157 Å². The third-order valence-corrected chi connectivity index (χ3v) is 6.24. The van der Waals surface area contributed by atoms with Gasteiger partial charge in [0.25, 0.3) is 0 Å². The zero-order valence-corrected chi connectivity index (χ0v) is 14.8. The number of benzene rings is 1. The van der Waals surface area contributed by atoms with Crippen LogP contribution in [0.5, 0.6) is 0 Å². The molecule has 0 unspecified atom stereocenters. The van der Waals surface area contributed by atoms with E-state index in [-0.39, 0.29) is 17.2 Å². The fourth-order valence-corrected chi connectivity index (χ4v) is 5.04. The molecule has 0 saturated heterocycles. The third-order valence-electron chi connectivity index (χ3n) is 6.24. The number of hydrogen-bond donors (Lipinski definition) is 2. The number of para-hydroxylation sites is 1. The van der Waals surface area contributed by atoms with E-state index in [1.54, 1.807) is 24.3 Å². The zero-order chi connectivity index (χ0) is 19.4. The van der Waals surface area contributed by atoms with Gasteiger partial charge in [-0.25, -0.2) is 0 Å². The molecule has 1 aromatic carbocycles. The van der Waals surface area contributed by atoms with Crippen LogP contribution in [0.2, 0.25) is 0 Å². The molecule has 6 heteroatoms. The molecule has 3 N–H and O–H groups in total. The Kier molecular flexibility index (Phi) is 3.42. The monoisotopic (exact) mass is 355 g/mol. The van der Waals surface area contributed by atoms with Crippen molar-refractivity contribution in [1.29, 1.82) is 15.8 Å². The molecular weight excluding hydrogens is 338 g/mol. The average molecular weight is 355 g/mol. The molecule has 0 saturated carbocycles. The molecule has 6 nitrogen and oxygen atoms in total. The van der Waals surface area contributed by atoms with E-state index in [2.05, 4.69) is 18.3 Å². The zero-order valence-electron chi connectivity index (χ0n) is 14.8. The Hall–Kier alpha value is -3.56. The van der Waals surface area contributed by atoms with E-state index in [4.69, 9.17) is 5.73 Å². The van der Waals surface area contributed by atoms with Crippen LogP contribution in [-0.2, 0) is 10.2 Å². The van der Waals surface area contributed by atoms with E-state index in [0.717, 1.165) is 6.42 Å². The molecule has 3 aliphatic rings. The van der Waals surface area contributed by atoms with E-state index in [9.17, 15) is 20.6 Å². The lowest BCUT2D eigenvalue weighted by Gasteiger charge is -2.50. The lowest BCUT2D eigenvalue weighted by Crippen LogP contribution is -2.60. The van der Waals surface area contributed by atoms with Gasteiger partial charge in [0.2, 0.25) is 11.3 Å². The molecule has 4 rings (SSSR count). The predicted octanol–water partition coefficient (Wildman–Crippen LogP) is 2.63. The summed E-state index contributed by atoms with van der Waals surface area (Å²) in [5, 5.41) is 32.9. The first-order valence-corrected chi connectivity index (χ1v) is 8.82. The third kappa shape index (κ3) is 1.74. The number of hydrogen-bond acceptors (Lipinski definition) is 5. The van der Waals surface area contributed by atoms with Crippen LogP contribution in [0.4, 0.5) is 5.69 Å². The smallest absolute Gasteiger partial charge is 0.238 e. The number of rotatable bonds is 0. The van der Waals surface area contributed by atoms with Gasteiger partial charge in [-0.1, -0.05) is 31.2 Å². The number of amides is 1. The minimum atomic E-state index is -1.95. The summed E-state index contributed by atoms with van der Waals surface area (Å²) in [4.78, 5) is 13.4. The van der Waals surface area contributed by atoms with Crippen molar-refractivity contribution in [3.8, 4) is 18.2 Å². The van der Waals surface area contributed by atoms with Crippen molar-refractivity contribution in [1.82, 2.24) is 0 Å². The van der Waals surface area contributed by atoms with Crippen LogP contribution in [0.3, 0.4) is 0 Å². The largest absolute Gasteiger partial charge is 0.399 e.